The van der Waals surface area contributed by atoms with Gasteiger partial charge in [0.1, 0.15) is 0 Å². The van der Waals surface area contributed by atoms with Crippen LogP contribution in [0.1, 0.15) is 26.3 Å². The van der Waals surface area contributed by atoms with Gasteiger partial charge in [-0.15, -0.1) is 0 Å². The summed E-state index contributed by atoms with van der Waals surface area (Å²) in [6.07, 6.45) is 0. The summed E-state index contributed by atoms with van der Waals surface area (Å²) in [5.74, 6) is 0.511. The van der Waals surface area contributed by atoms with Gasteiger partial charge in [-0.1, -0.05) is 36.4 Å². The minimum absolute atomic E-state index is 0.351. The van der Waals surface area contributed by atoms with Crippen molar-refractivity contribution in [3.63, 3.8) is 0 Å². The minimum Gasteiger partial charge on any atom is -0.493 e. The summed E-state index contributed by atoms with van der Waals surface area (Å²) in [7, 11) is 4.60. The molecule has 0 radical (unpaired) electrons. The van der Waals surface area contributed by atoms with E-state index >= 15 is 0 Å². The molecule has 35 heavy (non-hydrogen) atoms. The molecule has 0 fully saturated rings. The summed E-state index contributed by atoms with van der Waals surface area (Å²) in [5, 5.41) is 0.645. The first-order chi connectivity index (χ1) is 17.0. The fraction of sp³-hybridized carbons (Fsp3) is 0.148. The smallest absolute Gasteiger partial charge is 0.270 e. The number of ether oxygens (including phenoxy) is 3. The number of fused-ring (bicyclic) bond motifs is 1. The van der Waals surface area contributed by atoms with E-state index in [1.54, 1.807) is 36.4 Å². The van der Waals surface area contributed by atoms with Crippen LogP contribution in [-0.4, -0.2) is 38.1 Å². The zero-order valence-corrected chi connectivity index (χ0v) is 19.8. The highest BCUT2D eigenvalue weighted by molar-refractivity contribution is 6.08. The molecule has 0 bridgehead atoms. The highest BCUT2D eigenvalue weighted by Crippen LogP contribution is 2.41. The van der Waals surface area contributed by atoms with E-state index in [9.17, 15) is 9.59 Å². The Hall–Kier alpha value is -4.59. The number of hydrogen-bond acceptors (Lipinski definition) is 6. The number of hydrogen-bond donors (Lipinski definition) is 2. The van der Waals surface area contributed by atoms with E-state index in [1.807, 2.05) is 37.3 Å². The van der Waals surface area contributed by atoms with Gasteiger partial charge in [-0.25, -0.2) is 4.98 Å². The van der Waals surface area contributed by atoms with Crippen LogP contribution in [0.3, 0.4) is 0 Å². The lowest BCUT2D eigenvalue weighted by molar-refractivity contribution is 0.0847. The van der Waals surface area contributed by atoms with Gasteiger partial charge in [0, 0.05) is 16.5 Å². The lowest BCUT2D eigenvalue weighted by Crippen LogP contribution is -2.42. The molecule has 0 spiro atoms. The second-order valence-corrected chi connectivity index (χ2v) is 7.71. The zero-order valence-electron chi connectivity index (χ0n) is 19.8. The number of methoxy groups -OCH3 is 3. The van der Waals surface area contributed by atoms with Crippen molar-refractivity contribution in [3.05, 3.63) is 83.4 Å². The van der Waals surface area contributed by atoms with Crippen LogP contribution in [0, 0.1) is 6.92 Å². The molecule has 1 heterocycles. The number of nitrogens with one attached hydrogen (secondary N) is 2. The van der Waals surface area contributed by atoms with E-state index in [1.165, 1.54) is 21.3 Å². The van der Waals surface area contributed by atoms with E-state index in [4.69, 9.17) is 19.2 Å². The van der Waals surface area contributed by atoms with Crippen molar-refractivity contribution in [2.24, 2.45) is 0 Å². The van der Waals surface area contributed by atoms with Crippen molar-refractivity contribution in [3.8, 4) is 28.5 Å². The predicted molar refractivity (Wildman–Crippen MR) is 133 cm³/mol. The van der Waals surface area contributed by atoms with Gasteiger partial charge < -0.3 is 14.2 Å². The number of aromatic nitrogens is 1. The maximum atomic E-state index is 13.2. The lowest BCUT2D eigenvalue weighted by atomic mass is 10.0. The highest BCUT2D eigenvalue weighted by atomic mass is 16.5. The molecule has 178 valence electrons. The highest BCUT2D eigenvalue weighted by Gasteiger charge is 2.19. The van der Waals surface area contributed by atoms with Crippen molar-refractivity contribution >= 4 is 22.7 Å². The third-order valence-electron chi connectivity index (χ3n) is 5.60. The summed E-state index contributed by atoms with van der Waals surface area (Å²) in [6.45, 7) is 1.83. The molecule has 0 aliphatic heterocycles. The van der Waals surface area contributed by atoms with E-state index < -0.39 is 11.8 Å². The quantitative estimate of drug-likeness (QED) is 0.407. The van der Waals surface area contributed by atoms with Crippen LogP contribution in [0.25, 0.3) is 22.2 Å². The second kappa shape index (κ2) is 10.1. The molecule has 0 aliphatic rings. The number of rotatable bonds is 6. The number of carbonyl (C=O) groups excluding carboxylic acids is 2. The number of para-hydroxylation sites is 1. The van der Waals surface area contributed by atoms with Crippen LogP contribution in [0.15, 0.2) is 66.7 Å². The first-order valence-corrected chi connectivity index (χ1v) is 10.8. The van der Waals surface area contributed by atoms with Crippen molar-refractivity contribution in [2.45, 2.75) is 6.92 Å². The third kappa shape index (κ3) is 4.72. The lowest BCUT2D eigenvalue weighted by Gasteiger charge is -2.15. The molecule has 8 nitrogen and oxygen atoms in total. The van der Waals surface area contributed by atoms with Crippen molar-refractivity contribution in [1.82, 2.24) is 15.8 Å². The first kappa shape index (κ1) is 23.6. The molecule has 0 saturated carbocycles. The monoisotopic (exact) mass is 471 g/mol. The largest absolute Gasteiger partial charge is 0.493 e. The topological polar surface area (TPSA) is 98.8 Å². The van der Waals surface area contributed by atoms with Crippen LogP contribution in [0.5, 0.6) is 17.2 Å². The van der Waals surface area contributed by atoms with Crippen molar-refractivity contribution in [2.75, 3.05) is 21.3 Å². The van der Waals surface area contributed by atoms with Gasteiger partial charge >= 0.3 is 0 Å². The normalized spacial score (nSPS) is 10.5. The molecule has 1 aromatic heterocycles. The van der Waals surface area contributed by atoms with Crippen LogP contribution in [0.4, 0.5) is 0 Å². The van der Waals surface area contributed by atoms with Crippen molar-refractivity contribution < 1.29 is 23.8 Å². The molecule has 0 saturated heterocycles. The number of aryl methyl sites for hydroxylation is 1. The Balaban J connectivity index is 1.72. The van der Waals surface area contributed by atoms with E-state index in [-0.39, 0.29) is 0 Å². The van der Waals surface area contributed by atoms with Crippen LogP contribution < -0.4 is 25.1 Å². The van der Waals surface area contributed by atoms with Crippen LogP contribution >= 0.6 is 0 Å². The second-order valence-electron chi connectivity index (χ2n) is 7.71. The van der Waals surface area contributed by atoms with Gasteiger partial charge in [0.25, 0.3) is 11.8 Å². The fourth-order valence-electron chi connectivity index (χ4n) is 3.82. The number of hydrazine groups is 1. The zero-order chi connectivity index (χ0) is 24.9. The van der Waals surface area contributed by atoms with Gasteiger partial charge in [0.2, 0.25) is 5.75 Å². The summed E-state index contributed by atoms with van der Waals surface area (Å²) in [5.41, 5.74) is 8.47. The Morgan fingerprint density at radius 1 is 0.743 bits per heavy atom. The number of benzene rings is 3. The molecular weight excluding hydrogens is 446 g/mol. The molecule has 0 unspecified atom stereocenters. The predicted octanol–water partition coefficient (Wildman–Crippen LogP) is 4.31. The molecular formula is C27H25N3O5. The maximum Gasteiger partial charge on any atom is 0.270 e. The van der Waals surface area contributed by atoms with Crippen LogP contribution in [-0.2, 0) is 0 Å². The van der Waals surface area contributed by atoms with Crippen molar-refractivity contribution in [1.29, 1.82) is 0 Å². The summed E-state index contributed by atoms with van der Waals surface area (Å²) in [4.78, 5) is 30.5. The number of amides is 2. The number of pyridine rings is 1. The summed E-state index contributed by atoms with van der Waals surface area (Å²) >= 11 is 0. The Bertz CT molecular complexity index is 1390. The van der Waals surface area contributed by atoms with Gasteiger partial charge in [0.15, 0.2) is 11.5 Å². The SMILES string of the molecule is COc1cc(-c2cc(C(=O)NNC(=O)c3ccccc3C)c3ccccc3n2)cc(OC)c1OC. The maximum absolute atomic E-state index is 13.2. The van der Waals surface area contributed by atoms with Gasteiger partial charge in [-0.3, -0.25) is 20.4 Å². The molecule has 4 aromatic rings. The molecule has 4 rings (SSSR count). The minimum atomic E-state index is -0.473. The standard InChI is InChI=1S/C27H25N3O5/c1-16-9-5-6-10-18(16)26(31)29-30-27(32)20-15-22(28-21-12-8-7-11-19(20)21)17-13-23(33-2)25(35-4)24(14-17)34-3/h5-15H,1-4H3,(H,29,31)(H,30,32). The first-order valence-electron chi connectivity index (χ1n) is 10.8. The van der Waals surface area contributed by atoms with Gasteiger partial charge in [-0.05, 0) is 42.8 Å². The summed E-state index contributed by atoms with van der Waals surface area (Å²) in [6, 6.07) is 19.6. The van der Waals surface area contributed by atoms with E-state index in [0.29, 0.717) is 50.5 Å². The Morgan fingerprint density at radius 3 is 1.97 bits per heavy atom. The third-order valence-corrected chi connectivity index (χ3v) is 5.60. The van der Waals surface area contributed by atoms with Gasteiger partial charge in [0.05, 0.1) is 38.1 Å². The van der Waals surface area contributed by atoms with E-state index in [2.05, 4.69) is 10.9 Å². The number of nitrogens with zero attached hydrogens (tertiary/aromatic N) is 1. The molecule has 0 atom stereocenters. The Kier molecular flexibility index (Phi) is 6.82. The number of carbonyl (C=O) groups is 2. The molecule has 2 N–H and O–H groups in total. The molecule has 0 aliphatic carbocycles. The van der Waals surface area contributed by atoms with Crippen LogP contribution in [0.2, 0.25) is 0 Å². The average Bonchev–Trinajstić information content (AvgIpc) is 2.90. The molecule has 8 heteroatoms. The average molecular weight is 472 g/mol. The molecule has 2 amide bonds. The summed E-state index contributed by atoms with van der Waals surface area (Å²) < 4.78 is 16.3. The van der Waals surface area contributed by atoms with Gasteiger partial charge in [-0.2, -0.15) is 0 Å². The fourth-order valence-corrected chi connectivity index (χ4v) is 3.82. The Labute approximate surface area is 202 Å². The Morgan fingerprint density at radius 2 is 1.34 bits per heavy atom. The van der Waals surface area contributed by atoms with E-state index in [0.717, 1.165) is 5.56 Å². The molecule has 3 aromatic carbocycles.